The van der Waals surface area contributed by atoms with Gasteiger partial charge in [-0.1, -0.05) is 12.8 Å². The molecule has 5 heteroatoms. The summed E-state index contributed by atoms with van der Waals surface area (Å²) in [5.41, 5.74) is 7.94. The van der Waals surface area contributed by atoms with E-state index in [1.54, 1.807) is 0 Å². The van der Waals surface area contributed by atoms with E-state index in [1.165, 1.54) is 0 Å². The fourth-order valence-corrected chi connectivity index (χ4v) is 1.35. The largest absolute Gasteiger partial charge is 2.00 e. The molecule has 0 heterocycles. The van der Waals surface area contributed by atoms with Crippen molar-refractivity contribution >= 4 is 5.91 Å². The molecule has 1 unspecified atom stereocenters. The zero-order chi connectivity index (χ0) is 8.10. The molecular weight excluding hydrogens is 210 g/mol. The molecule has 0 aromatic carbocycles. The molecule has 1 fully saturated rings. The van der Waals surface area contributed by atoms with Gasteiger partial charge in [0.1, 0.15) is 0 Å². The van der Waals surface area contributed by atoms with Gasteiger partial charge in [0.25, 0.3) is 0 Å². The first kappa shape index (κ1) is 15.0. The fraction of sp³-hybridized carbons (Fsp3) is 0.625. The van der Waals surface area contributed by atoms with Crippen LogP contribution in [0.4, 0.5) is 0 Å². The van der Waals surface area contributed by atoms with E-state index in [2.05, 4.69) is 16.4 Å². The molecule has 1 amide bonds. The summed E-state index contributed by atoms with van der Waals surface area (Å²) in [5, 5.41) is 3.01. The van der Waals surface area contributed by atoms with Gasteiger partial charge >= 0.3 is 17.1 Å². The minimum absolute atomic E-state index is 0. The number of carbonyl (C=O) groups is 1. The second-order valence-electron chi connectivity index (χ2n) is 2.71. The van der Waals surface area contributed by atoms with Crippen molar-refractivity contribution in [1.82, 2.24) is 0 Å². The van der Waals surface area contributed by atoms with Gasteiger partial charge < -0.3 is 13.8 Å². The summed E-state index contributed by atoms with van der Waals surface area (Å²) in [4.78, 5) is 13.2. The molecule has 0 N–H and O–H groups in total. The van der Waals surface area contributed by atoms with Gasteiger partial charge in [0.15, 0.2) is 0 Å². The summed E-state index contributed by atoms with van der Waals surface area (Å²) in [7, 11) is 0. The van der Waals surface area contributed by atoms with Gasteiger partial charge in [0, 0.05) is 4.91 Å². The Labute approximate surface area is 89.2 Å². The van der Waals surface area contributed by atoms with Crippen LogP contribution in [0.3, 0.4) is 0 Å². The zero-order valence-corrected chi connectivity index (χ0v) is 8.69. The summed E-state index contributed by atoms with van der Waals surface area (Å²) < 4.78 is 0. The third kappa shape index (κ3) is 5.69. The topological polar surface area (TPSA) is 65.8 Å². The predicted octanol–water partition coefficient (Wildman–Crippen LogP) is 2.67. The number of azide groups is 1. The predicted molar refractivity (Wildman–Crippen MR) is 46.8 cm³/mol. The molecule has 1 atom stereocenters. The van der Waals surface area contributed by atoms with Crippen LogP contribution >= 0.6 is 0 Å². The van der Waals surface area contributed by atoms with Crippen LogP contribution in [-0.2, 0) is 21.9 Å². The molecular formula is C8H13FeN3O. The Morgan fingerprint density at radius 3 is 2.85 bits per heavy atom. The minimum atomic E-state index is -0.337. The molecule has 1 rings (SSSR count). The monoisotopic (exact) mass is 223 g/mol. The molecule has 13 heavy (non-hydrogen) atoms. The van der Waals surface area contributed by atoms with Crippen LogP contribution < -0.4 is 0 Å². The third-order valence-corrected chi connectivity index (χ3v) is 1.87. The number of hydrogen-bond acceptors (Lipinski definition) is 1. The van der Waals surface area contributed by atoms with Crippen molar-refractivity contribution in [2.24, 2.45) is 11.0 Å². The normalized spacial score (nSPS) is 19.2. The Morgan fingerprint density at radius 2 is 2.38 bits per heavy atom. The summed E-state index contributed by atoms with van der Waals surface area (Å²) >= 11 is 0. The van der Waals surface area contributed by atoms with Crippen molar-refractivity contribution < 1.29 is 21.9 Å². The third-order valence-electron chi connectivity index (χ3n) is 1.87. The molecule has 0 aromatic rings. The van der Waals surface area contributed by atoms with Crippen LogP contribution in [0.1, 0.15) is 25.7 Å². The van der Waals surface area contributed by atoms with E-state index in [1.807, 2.05) is 0 Å². The first-order valence-corrected chi connectivity index (χ1v) is 3.74. The van der Waals surface area contributed by atoms with Crippen molar-refractivity contribution in [3.05, 3.63) is 24.3 Å². The molecule has 1 saturated carbocycles. The molecule has 0 bridgehead atoms. The van der Waals surface area contributed by atoms with Gasteiger partial charge in [-0.2, -0.15) is 12.3 Å². The fourth-order valence-electron chi connectivity index (χ4n) is 1.35. The van der Waals surface area contributed by atoms with E-state index < -0.39 is 0 Å². The van der Waals surface area contributed by atoms with Gasteiger partial charge in [0.05, 0.1) is 0 Å². The Hall–Kier alpha value is -0.501. The van der Waals surface area contributed by atoms with Crippen LogP contribution in [0.15, 0.2) is 5.11 Å². The molecule has 0 spiro atoms. The smallest absolute Gasteiger partial charge is 0.358 e. The van der Waals surface area contributed by atoms with Crippen molar-refractivity contribution in [2.45, 2.75) is 25.7 Å². The van der Waals surface area contributed by atoms with Crippen molar-refractivity contribution in [2.75, 3.05) is 0 Å². The Morgan fingerprint density at radius 1 is 1.69 bits per heavy atom. The zero-order valence-electron chi connectivity index (χ0n) is 7.59. The van der Waals surface area contributed by atoms with Crippen molar-refractivity contribution in [1.29, 1.82) is 0 Å². The number of hydrogen-bond donors (Lipinski definition) is 0. The van der Waals surface area contributed by atoms with E-state index in [0.29, 0.717) is 12.3 Å². The minimum Gasteiger partial charge on any atom is -0.358 e. The molecule has 1 aliphatic rings. The second kappa shape index (κ2) is 8.11. The van der Waals surface area contributed by atoms with Gasteiger partial charge in [0.2, 0.25) is 5.91 Å². The Balaban J connectivity index is 0. The average molecular weight is 223 g/mol. The van der Waals surface area contributed by atoms with Gasteiger partial charge in [-0.25, -0.2) is 0 Å². The average Bonchev–Trinajstić information content (AvgIpc) is 2.40. The molecule has 74 valence electrons. The SMILES string of the molecule is [CH3-].[Fe+2].[N-]=[N+]=NC(=O)CC1[CH-]CCC1. The summed E-state index contributed by atoms with van der Waals surface area (Å²) in [6.07, 6.45) is 5.84. The molecule has 1 aliphatic carbocycles. The van der Waals surface area contributed by atoms with Crippen LogP contribution in [-0.4, -0.2) is 5.91 Å². The maximum Gasteiger partial charge on any atom is 2.00 e. The molecule has 4 nitrogen and oxygen atoms in total. The summed E-state index contributed by atoms with van der Waals surface area (Å²) in [6, 6.07) is 0. The number of rotatable bonds is 2. The quantitative estimate of drug-likeness (QED) is 0.233. The Bertz CT molecular complexity index is 196. The first-order chi connectivity index (χ1) is 5.33. The van der Waals surface area contributed by atoms with E-state index in [-0.39, 0.29) is 30.4 Å². The summed E-state index contributed by atoms with van der Waals surface area (Å²) in [5.74, 6) is 0.0173. The van der Waals surface area contributed by atoms with Crippen LogP contribution in [0.25, 0.3) is 10.4 Å². The van der Waals surface area contributed by atoms with Gasteiger partial charge in [-0.15, -0.1) is 0 Å². The van der Waals surface area contributed by atoms with Crippen LogP contribution in [0.5, 0.6) is 0 Å². The molecule has 0 saturated heterocycles. The van der Waals surface area contributed by atoms with Crippen molar-refractivity contribution in [3.63, 3.8) is 0 Å². The Kier molecular flexibility index (Phi) is 9.36. The van der Waals surface area contributed by atoms with E-state index in [4.69, 9.17) is 5.53 Å². The first-order valence-electron chi connectivity index (χ1n) is 3.74. The van der Waals surface area contributed by atoms with Crippen LogP contribution in [0, 0.1) is 19.8 Å². The number of amides is 1. The van der Waals surface area contributed by atoms with E-state index in [9.17, 15) is 4.79 Å². The van der Waals surface area contributed by atoms with Crippen molar-refractivity contribution in [3.8, 4) is 0 Å². The van der Waals surface area contributed by atoms with Gasteiger partial charge in [-0.05, 0) is 17.1 Å². The number of carbonyl (C=O) groups excluding carboxylic acids is 1. The second-order valence-corrected chi connectivity index (χ2v) is 2.71. The van der Waals surface area contributed by atoms with Gasteiger partial charge in [-0.3, -0.25) is 4.79 Å². The number of nitrogens with zero attached hydrogens (tertiary/aromatic N) is 3. The molecule has 0 aromatic heterocycles. The van der Waals surface area contributed by atoms with Crippen LogP contribution in [0.2, 0.25) is 0 Å². The van der Waals surface area contributed by atoms with E-state index >= 15 is 0 Å². The maximum atomic E-state index is 10.8. The molecule has 0 aliphatic heterocycles. The summed E-state index contributed by atoms with van der Waals surface area (Å²) in [6.45, 7) is 0. The molecule has 0 radical (unpaired) electrons. The van der Waals surface area contributed by atoms with E-state index in [0.717, 1.165) is 19.3 Å². The maximum absolute atomic E-state index is 10.8. The standard InChI is InChI=1S/C7H10N3O.CH3.Fe/c8-10-9-7(11)5-6-3-1-2-4-6;;/h3,6H,1-2,4-5H2;1H3;/q2*-1;+2.